The Labute approximate surface area is 148 Å². The molecule has 0 fully saturated rings. The van der Waals surface area contributed by atoms with E-state index in [1.165, 1.54) is 0 Å². The first-order valence-corrected chi connectivity index (χ1v) is 8.03. The van der Waals surface area contributed by atoms with Crippen molar-refractivity contribution in [2.45, 2.75) is 6.10 Å². The second kappa shape index (κ2) is 6.72. The summed E-state index contributed by atoms with van der Waals surface area (Å²) in [5, 5.41) is 2.62. The van der Waals surface area contributed by atoms with E-state index in [9.17, 15) is 9.59 Å². The van der Waals surface area contributed by atoms with Crippen molar-refractivity contribution in [2.75, 3.05) is 11.9 Å². The highest BCUT2D eigenvalue weighted by atomic mass is 16.6. The van der Waals surface area contributed by atoms with Crippen LogP contribution >= 0.6 is 0 Å². The van der Waals surface area contributed by atoms with Crippen LogP contribution in [-0.2, 0) is 4.79 Å². The van der Waals surface area contributed by atoms with E-state index in [0.717, 1.165) is 11.1 Å². The summed E-state index contributed by atoms with van der Waals surface area (Å²) in [4.78, 5) is 31.2. The Kier molecular flexibility index (Phi) is 4.10. The highest BCUT2D eigenvalue weighted by molar-refractivity contribution is 5.95. The third kappa shape index (κ3) is 3.14. The number of hydrogen-bond donors (Lipinski definition) is 2. The van der Waals surface area contributed by atoms with Crippen LogP contribution in [0.15, 0.2) is 65.8 Å². The molecule has 4 rings (SSSR count). The number of amides is 1. The molecule has 7 nitrogen and oxygen atoms in total. The summed E-state index contributed by atoms with van der Waals surface area (Å²) in [6.45, 7) is 0.0742. The van der Waals surface area contributed by atoms with E-state index in [0.29, 0.717) is 11.5 Å². The van der Waals surface area contributed by atoms with Gasteiger partial charge in [0.05, 0.1) is 0 Å². The third-order valence-electron chi connectivity index (χ3n) is 3.98. The predicted octanol–water partition coefficient (Wildman–Crippen LogP) is 2.22. The maximum absolute atomic E-state index is 12.5. The van der Waals surface area contributed by atoms with E-state index in [4.69, 9.17) is 9.47 Å². The van der Waals surface area contributed by atoms with Crippen LogP contribution in [0.3, 0.4) is 0 Å². The number of carbonyl (C=O) groups excluding carboxylic acids is 1. The molecule has 7 heteroatoms. The summed E-state index contributed by atoms with van der Waals surface area (Å²) in [5.74, 6) is 0.643. The number of carbonyl (C=O) groups is 1. The lowest BCUT2D eigenvalue weighted by molar-refractivity contribution is -0.125. The molecule has 0 aliphatic carbocycles. The molecule has 1 aliphatic rings. The molecular weight excluding hydrogens is 334 g/mol. The fraction of sp³-hybridized carbons (Fsp3) is 0.105. The Morgan fingerprint density at radius 3 is 2.69 bits per heavy atom. The minimum atomic E-state index is -0.839. The van der Waals surface area contributed by atoms with Gasteiger partial charge in [-0.15, -0.1) is 0 Å². The van der Waals surface area contributed by atoms with Crippen LogP contribution < -0.4 is 20.3 Å². The summed E-state index contributed by atoms with van der Waals surface area (Å²) < 4.78 is 11.2. The van der Waals surface area contributed by atoms with Gasteiger partial charge in [0.15, 0.2) is 11.5 Å². The summed E-state index contributed by atoms with van der Waals surface area (Å²) >= 11 is 0. The van der Waals surface area contributed by atoms with Crippen LogP contribution in [0.25, 0.3) is 11.1 Å². The Bertz CT molecular complexity index is 1000. The molecule has 1 amide bonds. The minimum absolute atomic E-state index is 0.0742. The zero-order valence-corrected chi connectivity index (χ0v) is 13.6. The number of rotatable bonds is 3. The van der Waals surface area contributed by atoms with Gasteiger partial charge >= 0.3 is 0 Å². The van der Waals surface area contributed by atoms with Gasteiger partial charge in [-0.2, -0.15) is 0 Å². The molecule has 2 N–H and O–H groups in total. The summed E-state index contributed by atoms with van der Waals surface area (Å²) in [5.41, 5.74) is 1.38. The lowest BCUT2D eigenvalue weighted by Crippen LogP contribution is -2.41. The van der Waals surface area contributed by atoms with Crippen molar-refractivity contribution in [1.29, 1.82) is 0 Å². The van der Waals surface area contributed by atoms with Gasteiger partial charge in [0.25, 0.3) is 11.5 Å². The van der Waals surface area contributed by atoms with Crippen LogP contribution in [0.4, 0.5) is 5.69 Å². The number of aromatic amines is 1. The van der Waals surface area contributed by atoms with E-state index in [1.807, 2.05) is 18.2 Å². The number of ether oxygens (including phenoxy) is 2. The van der Waals surface area contributed by atoms with Gasteiger partial charge in [0.1, 0.15) is 12.3 Å². The summed E-state index contributed by atoms with van der Waals surface area (Å²) in [6, 6.07) is 12.4. The molecule has 3 aromatic rings. The zero-order chi connectivity index (χ0) is 17.9. The van der Waals surface area contributed by atoms with Crippen LogP contribution in [0.5, 0.6) is 11.5 Å². The quantitative estimate of drug-likeness (QED) is 0.756. The molecule has 130 valence electrons. The Morgan fingerprint density at radius 2 is 1.88 bits per heavy atom. The van der Waals surface area contributed by atoms with Gasteiger partial charge in [-0.3, -0.25) is 14.6 Å². The van der Waals surface area contributed by atoms with E-state index in [1.54, 1.807) is 42.9 Å². The second-order valence-electron chi connectivity index (χ2n) is 5.72. The summed E-state index contributed by atoms with van der Waals surface area (Å²) in [6.07, 6.45) is 4.06. The van der Waals surface area contributed by atoms with Crippen LogP contribution in [0.2, 0.25) is 0 Å². The fourth-order valence-electron chi connectivity index (χ4n) is 2.65. The smallest absolute Gasteiger partial charge is 0.271 e. The van der Waals surface area contributed by atoms with E-state index < -0.39 is 17.6 Å². The average molecular weight is 349 g/mol. The topological polar surface area (TPSA) is 93.3 Å². The number of fused-ring (bicyclic) bond motifs is 1. The number of nitrogens with zero attached hydrogens (tertiary/aromatic N) is 1. The Balaban J connectivity index is 1.54. The largest absolute Gasteiger partial charge is 0.485 e. The SMILES string of the molecule is O=C(Nc1cc(-c2ccncc2)c[nH]c1=O)[C@H]1COc2ccccc2O1. The highest BCUT2D eigenvalue weighted by Gasteiger charge is 2.27. The van der Waals surface area contributed by atoms with Crippen molar-refractivity contribution >= 4 is 11.6 Å². The molecule has 0 saturated heterocycles. The number of nitrogens with one attached hydrogen (secondary N) is 2. The minimum Gasteiger partial charge on any atom is -0.485 e. The van der Waals surface area contributed by atoms with Gasteiger partial charge < -0.3 is 19.8 Å². The molecule has 1 aromatic carbocycles. The van der Waals surface area contributed by atoms with Crippen LogP contribution in [0.1, 0.15) is 0 Å². The molecule has 3 heterocycles. The van der Waals surface area contributed by atoms with Crippen molar-refractivity contribution < 1.29 is 14.3 Å². The molecule has 2 aromatic heterocycles. The van der Waals surface area contributed by atoms with E-state index in [2.05, 4.69) is 15.3 Å². The van der Waals surface area contributed by atoms with E-state index >= 15 is 0 Å². The first kappa shape index (κ1) is 15.9. The number of benzene rings is 1. The number of anilines is 1. The monoisotopic (exact) mass is 349 g/mol. The van der Waals surface area contributed by atoms with Crippen molar-refractivity contribution in [3.8, 4) is 22.6 Å². The second-order valence-corrected chi connectivity index (χ2v) is 5.72. The zero-order valence-electron chi connectivity index (χ0n) is 13.6. The predicted molar refractivity (Wildman–Crippen MR) is 95.3 cm³/mol. The molecular formula is C19H15N3O4. The Hall–Kier alpha value is -3.61. The van der Waals surface area contributed by atoms with Crippen molar-refractivity contribution in [3.63, 3.8) is 0 Å². The molecule has 0 bridgehead atoms. The average Bonchev–Trinajstić information content (AvgIpc) is 2.70. The maximum atomic E-state index is 12.5. The molecule has 0 spiro atoms. The number of hydrogen-bond acceptors (Lipinski definition) is 5. The lowest BCUT2D eigenvalue weighted by Gasteiger charge is -2.25. The molecule has 1 aliphatic heterocycles. The number of para-hydroxylation sites is 2. The van der Waals surface area contributed by atoms with Gasteiger partial charge in [-0.25, -0.2) is 0 Å². The van der Waals surface area contributed by atoms with Crippen LogP contribution in [0, 0.1) is 0 Å². The van der Waals surface area contributed by atoms with E-state index in [-0.39, 0.29) is 12.3 Å². The fourth-order valence-corrected chi connectivity index (χ4v) is 2.65. The molecule has 0 radical (unpaired) electrons. The summed E-state index contributed by atoms with van der Waals surface area (Å²) in [7, 11) is 0. The normalized spacial score (nSPS) is 15.3. The molecule has 0 unspecified atom stereocenters. The first-order chi connectivity index (χ1) is 12.7. The number of aromatic nitrogens is 2. The maximum Gasteiger partial charge on any atom is 0.271 e. The van der Waals surface area contributed by atoms with Gasteiger partial charge in [0, 0.05) is 24.2 Å². The number of H-pyrrole nitrogens is 1. The number of pyridine rings is 2. The highest BCUT2D eigenvalue weighted by Crippen LogP contribution is 2.31. The molecule has 26 heavy (non-hydrogen) atoms. The molecule has 0 saturated carbocycles. The standard InChI is InChI=1S/C19H15N3O4/c23-18-14(9-13(10-21-18)12-5-7-20-8-6-12)22-19(24)17-11-25-15-3-1-2-4-16(15)26-17/h1-10,17H,11H2,(H,21,23)(H,22,24)/t17-/m1/s1. The lowest BCUT2D eigenvalue weighted by atomic mass is 10.1. The van der Waals surface area contributed by atoms with Gasteiger partial charge in [0.2, 0.25) is 6.10 Å². The third-order valence-corrected chi connectivity index (χ3v) is 3.98. The van der Waals surface area contributed by atoms with Crippen molar-refractivity contribution in [2.24, 2.45) is 0 Å². The van der Waals surface area contributed by atoms with Crippen LogP contribution in [-0.4, -0.2) is 28.6 Å². The van der Waals surface area contributed by atoms with Gasteiger partial charge in [-0.05, 0) is 35.9 Å². The molecule has 1 atom stereocenters. The Morgan fingerprint density at radius 1 is 1.12 bits per heavy atom. The van der Waals surface area contributed by atoms with Crippen molar-refractivity contribution in [1.82, 2.24) is 9.97 Å². The van der Waals surface area contributed by atoms with Crippen molar-refractivity contribution in [3.05, 3.63) is 71.4 Å². The van der Waals surface area contributed by atoms with Gasteiger partial charge in [-0.1, -0.05) is 12.1 Å². The first-order valence-electron chi connectivity index (χ1n) is 8.03.